The van der Waals surface area contributed by atoms with Gasteiger partial charge in [0, 0.05) is 25.4 Å². The lowest BCUT2D eigenvalue weighted by Gasteiger charge is -2.32. The molecule has 1 aliphatic rings. The van der Waals surface area contributed by atoms with E-state index in [1.807, 2.05) is 6.92 Å². The zero-order chi connectivity index (χ0) is 12.8. The Hall–Kier alpha value is -1.36. The summed E-state index contributed by atoms with van der Waals surface area (Å²) in [7, 11) is 0. The molecule has 1 aromatic heterocycles. The van der Waals surface area contributed by atoms with Gasteiger partial charge in [0.15, 0.2) is 0 Å². The molecular formula is C13H22N4O. The first-order chi connectivity index (χ1) is 8.83. The van der Waals surface area contributed by atoms with Gasteiger partial charge in [-0.3, -0.25) is 0 Å². The highest BCUT2D eigenvalue weighted by Gasteiger charge is 2.21. The van der Waals surface area contributed by atoms with Crippen LogP contribution >= 0.6 is 0 Å². The number of anilines is 1. The minimum absolute atomic E-state index is 0.631. The number of nitrogens with zero attached hydrogens (tertiary/aromatic N) is 3. The Morgan fingerprint density at radius 1 is 1.56 bits per heavy atom. The third-order valence-electron chi connectivity index (χ3n) is 3.29. The van der Waals surface area contributed by atoms with Crippen molar-refractivity contribution >= 4 is 5.95 Å². The fourth-order valence-electron chi connectivity index (χ4n) is 2.43. The van der Waals surface area contributed by atoms with Crippen molar-refractivity contribution in [2.75, 3.05) is 31.1 Å². The Labute approximate surface area is 108 Å². The van der Waals surface area contributed by atoms with Gasteiger partial charge < -0.3 is 15.4 Å². The van der Waals surface area contributed by atoms with Crippen molar-refractivity contribution < 1.29 is 4.74 Å². The van der Waals surface area contributed by atoms with Gasteiger partial charge in [0.25, 0.3) is 0 Å². The van der Waals surface area contributed by atoms with E-state index in [4.69, 9.17) is 10.5 Å². The molecule has 0 unspecified atom stereocenters. The van der Waals surface area contributed by atoms with Crippen LogP contribution in [-0.2, 0) is 0 Å². The van der Waals surface area contributed by atoms with Crippen molar-refractivity contribution in [1.82, 2.24) is 9.97 Å². The van der Waals surface area contributed by atoms with E-state index < -0.39 is 0 Å². The van der Waals surface area contributed by atoms with Crippen LogP contribution in [0.25, 0.3) is 0 Å². The van der Waals surface area contributed by atoms with Crippen LogP contribution in [0.4, 0.5) is 5.95 Å². The zero-order valence-corrected chi connectivity index (χ0v) is 11.0. The lowest BCUT2D eigenvalue weighted by molar-refractivity contribution is 0.325. The number of aromatic nitrogens is 2. The molecule has 1 fully saturated rings. The van der Waals surface area contributed by atoms with Crippen LogP contribution in [0, 0.1) is 5.92 Å². The van der Waals surface area contributed by atoms with Gasteiger partial charge in [-0.05, 0) is 38.6 Å². The zero-order valence-electron chi connectivity index (χ0n) is 11.0. The predicted octanol–water partition coefficient (Wildman–Crippen LogP) is 1.44. The lowest BCUT2D eigenvalue weighted by Crippen LogP contribution is -2.37. The van der Waals surface area contributed by atoms with Crippen LogP contribution in [0.3, 0.4) is 0 Å². The maximum Gasteiger partial charge on any atom is 0.228 e. The standard InChI is InChI=1S/C13H22N4O/c1-2-18-12-6-8-15-13(16-12)17-9-3-4-11(10-17)5-7-14/h6,8,11H,2-5,7,9-10,14H2,1H3/t11-/m1/s1. The van der Waals surface area contributed by atoms with Crippen molar-refractivity contribution in [1.29, 1.82) is 0 Å². The van der Waals surface area contributed by atoms with Gasteiger partial charge in [-0.15, -0.1) is 0 Å². The number of hydrogen-bond donors (Lipinski definition) is 1. The van der Waals surface area contributed by atoms with Gasteiger partial charge in [0.1, 0.15) is 0 Å². The molecule has 1 aliphatic heterocycles. The summed E-state index contributed by atoms with van der Waals surface area (Å²) in [4.78, 5) is 11.0. The maximum absolute atomic E-state index is 5.64. The van der Waals surface area contributed by atoms with Gasteiger partial charge in [0.05, 0.1) is 6.61 Å². The maximum atomic E-state index is 5.64. The smallest absolute Gasteiger partial charge is 0.228 e. The molecule has 1 atom stereocenters. The predicted molar refractivity (Wildman–Crippen MR) is 71.8 cm³/mol. The summed E-state index contributed by atoms with van der Waals surface area (Å²) < 4.78 is 5.41. The van der Waals surface area contributed by atoms with Crippen LogP contribution < -0.4 is 15.4 Å². The average Bonchev–Trinajstić information content (AvgIpc) is 2.40. The number of hydrogen-bond acceptors (Lipinski definition) is 5. The van der Waals surface area contributed by atoms with Crippen LogP contribution in [0.5, 0.6) is 5.88 Å². The minimum Gasteiger partial charge on any atom is -0.478 e. The summed E-state index contributed by atoms with van der Waals surface area (Å²) in [6.07, 6.45) is 5.30. The molecule has 2 rings (SSSR count). The molecule has 2 heterocycles. The van der Waals surface area contributed by atoms with Gasteiger partial charge >= 0.3 is 0 Å². The summed E-state index contributed by atoms with van der Waals surface area (Å²) in [5, 5.41) is 0. The van der Waals surface area contributed by atoms with E-state index in [2.05, 4.69) is 14.9 Å². The van der Waals surface area contributed by atoms with Gasteiger partial charge in [-0.2, -0.15) is 4.98 Å². The molecule has 0 spiro atoms. The van der Waals surface area contributed by atoms with E-state index in [1.54, 1.807) is 12.3 Å². The molecule has 0 radical (unpaired) electrons. The average molecular weight is 250 g/mol. The van der Waals surface area contributed by atoms with Crippen LogP contribution in [0.2, 0.25) is 0 Å². The number of ether oxygens (including phenoxy) is 1. The van der Waals surface area contributed by atoms with Gasteiger partial charge in [0.2, 0.25) is 11.8 Å². The molecule has 0 saturated carbocycles. The second-order valence-electron chi connectivity index (χ2n) is 4.66. The summed E-state index contributed by atoms with van der Waals surface area (Å²) in [6.45, 7) is 5.38. The van der Waals surface area contributed by atoms with Gasteiger partial charge in [-0.1, -0.05) is 0 Å². The first kappa shape index (κ1) is 13.1. The van der Waals surface area contributed by atoms with Crippen LogP contribution in [-0.4, -0.2) is 36.2 Å². The summed E-state index contributed by atoms with van der Waals surface area (Å²) in [5.41, 5.74) is 5.64. The molecule has 18 heavy (non-hydrogen) atoms. The highest BCUT2D eigenvalue weighted by atomic mass is 16.5. The number of nitrogens with two attached hydrogens (primary N) is 1. The molecule has 1 aromatic rings. The van der Waals surface area contributed by atoms with Crippen molar-refractivity contribution in [3.63, 3.8) is 0 Å². The normalized spacial score (nSPS) is 19.9. The lowest BCUT2D eigenvalue weighted by atomic mass is 9.95. The molecule has 1 saturated heterocycles. The van der Waals surface area contributed by atoms with E-state index >= 15 is 0 Å². The van der Waals surface area contributed by atoms with Crippen molar-refractivity contribution in [2.45, 2.75) is 26.2 Å². The van der Waals surface area contributed by atoms with Crippen LogP contribution in [0.15, 0.2) is 12.3 Å². The van der Waals surface area contributed by atoms with E-state index in [0.717, 1.165) is 32.0 Å². The summed E-state index contributed by atoms with van der Waals surface area (Å²) in [6, 6.07) is 1.80. The largest absolute Gasteiger partial charge is 0.478 e. The fraction of sp³-hybridized carbons (Fsp3) is 0.692. The van der Waals surface area contributed by atoms with Gasteiger partial charge in [-0.25, -0.2) is 4.98 Å². The third-order valence-corrected chi connectivity index (χ3v) is 3.29. The second-order valence-corrected chi connectivity index (χ2v) is 4.66. The molecule has 0 bridgehead atoms. The quantitative estimate of drug-likeness (QED) is 0.856. The monoisotopic (exact) mass is 250 g/mol. The van der Waals surface area contributed by atoms with Crippen molar-refractivity contribution in [3.8, 4) is 5.88 Å². The topological polar surface area (TPSA) is 64.3 Å². The number of piperidine rings is 1. The molecule has 100 valence electrons. The van der Waals surface area contributed by atoms with Crippen LogP contribution in [0.1, 0.15) is 26.2 Å². The highest BCUT2D eigenvalue weighted by Crippen LogP contribution is 2.23. The minimum atomic E-state index is 0.631. The van der Waals surface area contributed by atoms with E-state index in [-0.39, 0.29) is 0 Å². The van der Waals surface area contributed by atoms with E-state index in [9.17, 15) is 0 Å². The molecule has 5 nitrogen and oxygen atoms in total. The number of rotatable bonds is 5. The van der Waals surface area contributed by atoms with Crippen molar-refractivity contribution in [3.05, 3.63) is 12.3 Å². The van der Waals surface area contributed by atoms with Crippen molar-refractivity contribution in [2.24, 2.45) is 11.7 Å². The summed E-state index contributed by atoms with van der Waals surface area (Å²) in [5.74, 6) is 2.11. The first-order valence-electron chi connectivity index (χ1n) is 6.74. The Bertz CT molecular complexity index is 370. The summed E-state index contributed by atoms with van der Waals surface area (Å²) >= 11 is 0. The molecule has 5 heteroatoms. The fourth-order valence-corrected chi connectivity index (χ4v) is 2.43. The Morgan fingerprint density at radius 3 is 3.22 bits per heavy atom. The molecular weight excluding hydrogens is 228 g/mol. The Balaban J connectivity index is 2.03. The molecule has 0 amide bonds. The van der Waals surface area contributed by atoms with E-state index in [0.29, 0.717) is 18.4 Å². The Kier molecular flexibility index (Phi) is 4.75. The highest BCUT2D eigenvalue weighted by molar-refractivity contribution is 5.32. The molecule has 0 aliphatic carbocycles. The second kappa shape index (κ2) is 6.54. The Morgan fingerprint density at radius 2 is 2.44 bits per heavy atom. The third kappa shape index (κ3) is 3.32. The molecule has 0 aromatic carbocycles. The first-order valence-corrected chi connectivity index (χ1v) is 6.74. The molecule has 2 N–H and O–H groups in total. The van der Waals surface area contributed by atoms with E-state index in [1.165, 1.54) is 12.8 Å². The SMILES string of the molecule is CCOc1ccnc(N2CCC[C@H](CCN)C2)n1.